The molecule has 0 aliphatic rings. The molecule has 0 atom stereocenters. The van der Waals surface area contributed by atoms with Crippen molar-refractivity contribution in [3.8, 4) is 5.75 Å². The van der Waals surface area contributed by atoms with Gasteiger partial charge in [0.1, 0.15) is 17.2 Å². The quantitative estimate of drug-likeness (QED) is 0.417. The number of aryl methyl sites for hydroxylation is 2. The number of benzene rings is 2. The number of nitrogens with one attached hydrogen (secondary N) is 1. The Hall–Kier alpha value is -2.41. The lowest BCUT2D eigenvalue weighted by atomic mass is 10.2. The van der Waals surface area contributed by atoms with Gasteiger partial charge in [0.05, 0.1) is 27.0 Å². The zero-order chi connectivity index (χ0) is 20.1. The van der Waals surface area contributed by atoms with E-state index in [1.807, 2.05) is 37.3 Å². The first-order chi connectivity index (χ1) is 13.4. The molecule has 3 rings (SSSR count). The van der Waals surface area contributed by atoms with Crippen molar-refractivity contribution in [1.82, 2.24) is 10.4 Å². The van der Waals surface area contributed by atoms with Crippen LogP contribution in [-0.4, -0.2) is 17.1 Å². The number of amides is 1. The second kappa shape index (κ2) is 9.19. The van der Waals surface area contributed by atoms with Crippen molar-refractivity contribution in [1.29, 1.82) is 0 Å². The maximum atomic E-state index is 12.1. The minimum absolute atomic E-state index is 0.263. The molecule has 5 nitrogen and oxygen atoms in total. The molecule has 1 aromatic heterocycles. The molecule has 0 saturated carbocycles. The molecule has 0 spiro atoms. The van der Waals surface area contributed by atoms with Crippen molar-refractivity contribution in [3.05, 3.63) is 79.2 Å². The second-order valence-corrected chi connectivity index (χ2v) is 7.97. The van der Waals surface area contributed by atoms with Gasteiger partial charge in [-0.3, -0.25) is 4.79 Å². The summed E-state index contributed by atoms with van der Waals surface area (Å²) in [5.74, 6) is 0.448. The Balaban J connectivity index is 1.53. The Labute approximate surface area is 177 Å². The summed E-state index contributed by atoms with van der Waals surface area (Å²) >= 11 is 13.3. The average Bonchev–Trinajstić information content (AvgIpc) is 3.02. The number of halogens is 2. The largest absolute Gasteiger partial charge is 0.489 e. The lowest BCUT2D eigenvalue weighted by molar-refractivity contribution is 0.0958. The number of carbonyl (C=O) groups excluding carboxylic acids is 1. The Bertz CT molecular complexity index is 1020. The van der Waals surface area contributed by atoms with Crippen LogP contribution in [0, 0.1) is 13.8 Å². The van der Waals surface area contributed by atoms with Gasteiger partial charge >= 0.3 is 0 Å². The fraction of sp³-hybridized carbons (Fsp3) is 0.150. The second-order valence-electron chi connectivity index (χ2n) is 5.95. The number of hydrazone groups is 1. The monoisotopic (exact) mass is 433 g/mol. The zero-order valence-electron chi connectivity index (χ0n) is 15.2. The number of hydrogen-bond donors (Lipinski definition) is 1. The normalized spacial score (nSPS) is 11.0. The molecule has 0 bridgehead atoms. The summed E-state index contributed by atoms with van der Waals surface area (Å²) in [7, 11) is 0. The number of ether oxygens (including phenoxy) is 1. The van der Waals surface area contributed by atoms with Gasteiger partial charge in [0.25, 0.3) is 5.91 Å². The third-order valence-corrected chi connectivity index (χ3v) is 5.57. The summed E-state index contributed by atoms with van der Waals surface area (Å²) < 4.78 is 5.74. The molecule has 144 valence electrons. The SMILES string of the molecule is Cc1nc(C)c(C(=O)N/N=C/c2ccc(OCc3ccc(Cl)c(Cl)c3)cc2)s1. The molecular weight excluding hydrogens is 417 g/mol. The van der Waals surface area contributed by atoms with Crippen molar-refractivity contribution in [2.75, 3.05) is 0 Å². The van der Waals surface area contributed by atoms with Crippen LogP contribution >= 0.6 is 34.5 Å². The maximum absolute atomic E-state index is 12.1. The zero-order valence-corrected chi connectivity index (χ0v) is 17.5. The molecule has 2 aromatic carbocycles. The standard InChI is InChI=1S/C20H17Cl2N3O2S/c1-12-19(28-13(2)24-12)20(26)25-23-10-14-3-6-16(7-4-14)27-11-15-5-8-17(21)18(22)9-15/h3-10H,11H2,1-2H3,(H,25,26)/b23-10+. The summed E-state index contributed by atoms with van der Waals surface area (Å²) in [5, 5.41) is 5.86. The van der Waals surface area contributed by atoms with Crippen molar-refractivity contribution in [3.63, 3.8) is 0 Å². The Morgan fingerprint density at radius 2 is 1.93 bits per heavy atom. The van der Waals surface area contributed by atoms with Gasteiger partial charge in [-0.2, -0.15) is 5.10 Å². The van der Waals surface area contributed by atoms with Crippen molar-refractivity contribution in [2.45, 2.75) is 20.5 Å². The smallest absolute Gasteiger partial charge is 0.283 e. The molecule has 1 amide bonds. The summed E-state index contributed by atoms with van der Waals surface area (Å²) in [4.78, 5) is 16.9. The molecule has 8 heteroatoms. The van der Waals surface area contributed by atoms with E-state index in [1.165, 1.54) is 11.3 Å². The van der Waals surface area contributed by atoms with Crippen LogP contribution in [0.4, 0.5) is 0 Å². The lowest BCUT2D eigenvalue weighted by Gasteiger charge is -2.07. The summed E-state index contributed by atoms with van der Waals surface area (Å²) in [6, 6.07) is 12.7. The van der Waals surface area contributed by atoms with Gasteiger partial charge in [-0.15, -0.1) is 11.3 Å². The van der Waals surface area contributed by atoms with E-state index in [0.717, 1.165) is 16.1 Å². The van der Waals surface area contributed by atoms with Crippen molar-refractivity contribution in [2.24, 2.45) is 5.10 Å². The van der Waals surface area contributed by atoms with E-state index in [1.54, 1.807) is 25.3 Å². The van der Waals surface area contributed by atoms with E-state index < -0.39 is 0 Å². The molecule has 28 heavy (non-hydrogen) atoms. The number of carbonyl (C=O) groups is 1. The highest BCUT2D eigenvalue weighted by molar-refractivity contribution is 7.13. The molecular formula is C20H17Cl2N3O2S. The number of rotatable bonds is 6. The maximum Gasteiger partial charge on any atom is 0.283 e. The van der Waals surface area contributed by atoms with Crippen LogP contribution in [0.3, 0.4) is 0 Å². The Morgan fingerprint density at radius 1 is 1.18 bits per heavy atom. The molecule has 1 heterocycles. The highest BCUT2D eigenvalue weighted by atomic mass is 35.5. The molecule has 0 saturated heterocycles. The first-order valence-electron chi connectivity index (χ1n) is 8.36. The molecule has 0 aliphatic heterocycles. The number of aromatic nitrogens is 1. The van der Waals surface area contributed by atoms with E-state index in [9.17, 15) is 4.79 Å². The van der Waals surface area contributed by atoms with Gasteiger partial charge < -0.3 is 4.74 Å². The van der Waals surface area contributed by atoms with Gasteiger partial charge in [0, 0.05) is 0 Å². The Kier molecular flexibility index (Phi) is 6.67. The van der Waals surface area contributed by atoms with Gasteiger partial charge in [-0.25, -0.2) is 10.4 Å². The fourth-order valence-electron chi connectivity index (χ4n) is 2.40. The summed E-state index contributed by atoms with van der Waals surface area (Å²) in [5.41, 5.74) is 4.99. The minimum atomic E-state index is -0.263. The highest BCUT2D eigenvalue weighted by Crippen LogP contribution is 2.23. The molecule has 0 unspecified atom stereocenters. The Morgan fingerprint density at radius 3 is 2.57 bits per heavy atom. The van der Waals surface area contributed by atoms with E-state index in [4.69, 9.17) is 27.9 Å². The number of hydrogen-bond acceptors (Lipinski definition) is 5. The first-order valence-corrected chi connectivity index (χ1v) is 9.94. The van der Waals surface area contributed by atoms with Crippen LogP contribution in [0.2, 0.25) is 10.0 Å². The number of thiazole rings is 1. The van der Waals surface area contributed by atoms with E-state index >= 15 is 0 Å². The van der Waals surface area contributed by atoms with Gasteiger partial charge in [-0.05, 0) is 61.4 Å². The molecule has 3 aromatic rings. The summed E-state index contributed by atoms with van der Waals surface area (Å²) in [6.45, 7) is 4.05. The van der Waals surface area contributed by atoms with Crippen LogP contribution < -0.4 is 10.2 Å². The van der Waals surface area contributed by atoms with Crippen LogP contribution in [0.25, 0.3) is 0 Å². The lowest BCUT2D eigenvalue weighted by Crippen LogP contribution is -2.17. The van der Waals surface area contributed by atoms with Gasteiger partial charge in [0.15, 0.2) is 0 Å². The predicted molar refractivity (Wildman–Crippen MR) is 114 cm³/mol. The fourth-order valence-corrected chi connectivity index (χ4v) is 3.53. The predicted octanol–water partition coefficient (Wildman–Crippen LogP) is 5.41. The van der Waals surface area contributed by atoms with Gasteiger partial charge in [-0.1, -0.05) is 29.3 Å². The first kappa shape index (κ1) is 20.3. The molecule has 0 fully saturated rings. The minimum Gasteiger partial charge on any atom is -0.489 e. The summed E-state index contributed by atoms with van der Waals surface area (Å²) in [6.07, 6.45) is 1.57. The topological polar surface area (TPSA) is 63.6 Å². The van der Waals surface area contributed by atoms with Crippen molar-refractivity contribution >= 4 is 46.7 Å². The van der Waals surface area contributed by atoms with Crippen LogP contribution in [-0.2, 0) is 6.61 Å². The third-order valence-electron chi connectivity index (χ3n) is 3.76. The molecule has 0 radical (unpaired) electrons. The average molecular weight is 434 g/mol. The molecule has 1 N–H and O–H groups in total. The molecule has 0 aliphatic carbocycles. The third kappa shape index (κ3) is 5.32. The van der Waals surface area contributed by atoms with Crippen LogP contribution in [0.5, 0.6) is 5.75 Å². The van der Waals surface area contributed by atoms with Crippen LogP contribution in [0.1, 0.15) is 31.5 Å². The van der Waals surface area contributed by atoms with Crippen molar-refractivity contribution < 1.29 is 9.53 Å². The van der Waals surface area contributed by atoms with E-state index in [2.05, 4.69) is 15.5 Å². The van der Waals surface area contributed by atoms with Gasteiger partial charge in [0.2, 0.25) is 0 Å². The van der Waals surface area contributed by atoms with E-state index in [0.29, 0.717) is 33.0 Å². The van der Waals surface area contributed by atoms with Crippen LogP contribution in [0.15, 0.2) is 47.6 Å². The van der Waals surface area contributed by atoms with E-state index in [-0.39, 0.29) is 5.91 Å². The number of nitrogens with zero attached hydrogens (tertiary/aromatic N) is 2. The highest BCUT2D eigenvalue weighted by Gasteiger charge is 2.12.